The Kier molecular flexibility index (Phi) is 5.30. The first-order chi connectivity index (χ1) is 8.15. The zero-order valence-corrected chi connectivity index (χ0v) is 10.6. The van der Waals surface area contributed by atoms with Gasteiger partial charge in [0.15, 0.2) is 0 Å². The largest absolute Gasteiger partial charge is 0.376 e. The number of halogens is 1. The summed E-state index contributed by atoms with van der Waals surface area (Å²) in [6.07, 6.45) is 4.64. The predicted octanol–water partition coefficient (Wildman–Crippen LogP) is -0.227. The van der Waals surface area contributed by atoms with Gasteiger partial charge in [0.1, 0.15) is 5.70 Å². The first kappa shape index (κ1) is 14.7. The van der Waals surface area contributed by atoms with Gasteiger partial charge in [0, 0.05) is 24.8 Å². The van der Waals surface area contributed by atoms with Crippen LogP contribution in [-0.2, 0) is 14.3 Å². The minimum Gasteiger partial charge on any atom is -0.376 e. The van der Waals surface area contributed by atoms with E-state index in [1.54, 1.807) is 6.21 Å². The number of primary amides is 1. The van der Waals surface area contributed by atoms with Crippen molar-refractivity contribution in [2.75, 3.05) is 13.2 Å². The Balaban J connectivity index is 0.00000162. The number of ether oxygens (including phenoxy) is 1. The summed E-state index contributed by atoms with van der Waals surface area (Å²) in [5.41, 5.74) is 5.12. The van der Waals surface area contributed by atoms with E-state index in [2.05, 4.69) is 10.3 Å². The lowest BCUT2D eigenvalue weighted by atomic mass is 9.99. The fraction of sp³-hybridized carbons (Fsp3) is 0.545. The second kappa shape index (κ2) is 6.51. The van der Waals surface area contributed by atoms with Gasteiger partial charge >= 0.3 is 0 Å². The van der Waals surface area contributed by atoms with Crippen molar-refractivity contribution >= 4 is 30.4 Å². The predicted molar refractivity (Wildman–Crippen MR) is 68.5 cm³/mol. The third-order valence-corrected chi connectivity index (χ3v) is 2.85. The van der Waals surface area contributed by atoms with Crippen LogP contribution in [0, 0.1) is 5.92 Å². The van der Waals surface area contributed by atoms with E-state index in [4.69, 9.17) is 10.5 Å². The molecule has 3 rings (SSSR count). The first-order valence-corrected chi connectivity index (χ1v) is 5.60. The molecule has 1 fully saturated rings. The maximum absolute atomic E-state index is 11.5. The second-order valence-electron chi connectivity index (χ2n) is 4.21. The average molecular weight is 274 g/mol. The quantitative estimate of drug-likeness (QED) is 0.691. The number of hydrogen-bond donors (Lipinski definition) is 2. The highest BCUT2D eigenvalue weighted by molar-refractivity contribution is 6.00. The Hall–Kier alpha value is -1.40. The van der Waals surface area contributed by atoms with E-state index in [0.717, 1.165) is 18.9 Å². The van der Waals surface area contributed by atoms with Crippen molar-refractivity contribution in [3.8, 4) is 0 Å². The lowest BCUT2D eigenvalue weighted by molar-refractivity contribution is -0.118. The molecule has 6 nitrogen and oxygen atoms in total. The molecule has 2 atom stereocenters. The van der Waals surface area contributed by atoms with Gasteiger partial charge in [-0.2, -0.15) is 0 Å². The molecule has 0 saturated carbocycles. The average Bonchev–Trinajstić information content (AvgIpc) is 2.37. The molecule has 3 aliphatic rings. The molecule has 7 heteroatoms. The smallest absolute Gasteiger partial charge is 0.267 e. The third kappa shape index (κ3) is 3.82. The molecule has 0 aromatic carbocycles. The van der Waals surface area contributed by atoms with E-state index in [1.165, 1.54) is 0 Å². The molecule has 2 amide bonds. The van der Waals surface area contributed by atoms with Crippen LogP contribution in [-0.4, -0.2) is 37.3 Å². The second-order valence-corrected chi connectivity index (χ2v) is 4.21. The highest BCUT2D eigenvalue weighted by Gasteiger charge is 2.22. The maximum Gasteiger partial charge on any atom is 0.267 e. The molecule has 2 unspecified atom stereocenters. The van der Waals surface area contributed by atoms with Crippen molar-refractivity contribution < 1.29 is 14.3 Å². The van der Waals surface area contributed by atoms with Crippen molar-refractivity contribution in [1.82, 2.24) is 5.32 Å². The van der Waals surface area contributed by atoms with Crippen molar-refractivity contribution in [3.05, 3.63) is 11.8 Å². The first-order valence-electron chi connectivity index (χ1n) is 5.60. The van der Waals surface area contributed by atoms with Gasteiger partial charge in [0.25, 0.3) is 5.91 Å². The van der Waals surface area contributed by atoms with Crippen LogP contribution in [0.3, 0.4) is 0 Å². The van der Waals surface area contributed by atoms with Crippen molar-refractivity contribution in [3.63, 3.8) is 0 Å². The number of nitrogens with one attached hydrogen (secondary N) is 1. The van der Waals surface area contributed by atoms with Gasteiger partial charge in [0.2, 0.25) is 5.91 Å². The molecule has 3 aliphatic heterocycles. The molecule has 0 aromatic heterocycles. The van der Waals surface area contributed by atoms with Crippen molar-refractivity contribution in [1.29, 1.82) is 0 Å². The number of carbonyl (C=O) groups is 2. The Bertz CT molecular complexity index is 387. The van der Waals surface area contributed by atoms with Gasteiger partial charge in [-0.25, -0.2) is 0 Å². The topological polar surface area (TPSA) is 93.8 Å². The number of fused-ring (bicyclic) bond motifs is 6. The van der Waals surface area contributed by atoms with Crippen LogP contribution >= 0.6 is 12.4 Å². The van der Waals surface area contributed by atoms with Crippen LogP contribution in [0.15, 0.2) is 16.8 Å². The number of nitrogens with zero attached hydrogens (tertiary/aromatic N) is 1. The molecule has 3 heterocycles. The van der Waals surface area contributed by atoms with Crippen LogP contribution in [0.2, 0.25) is 0 Å². The highest BCUT2D eigenvalue weighted by atomic mass is 35.5. The third-order valence-electron chi connectivity index (χ3n) is 2.85. The number of aliphatic imine (C=N–C) groups is 1. The molecular formula is C11H16ClN3O3. The fourth-order valence-corrected chi connectivity index (χ4v) is 1.85. The summed E-state index contributed by atoms with van der Waals surface area (Å²) in [6.45, 7) is 1.02. The number of carbonyl (C=O) groups excluding carboxylic acids is 2. The summed E-state index contributed by atoms with van der Waals surface area (Å²) in [5.74, 6) is -0.891. The summed E-state index contributed by atoms with van der Waals surface area (Å²) in [4.78, 5) is 26.5. The monoisotopic (exact) mass is 273 g/mol. The zero-order valence-electron chi connectivity index (χ0n) is 9.80. The Morgan fingerprint density at radius 3 is 2.89 bits per heavy atom. The van der Waals surface area contributed by atoms with Gasteiger partial charge in [0.05, 0.1) is 12.7 Å². The van der Waals surface area contributed by atoms with Gasteiger partial charge in [-0.1, -0.05) is 0 Å². The summed E-state index contributed by atoms with van der Waals surface area (Å²) >= 11 is 0. The SMILES string of the molecule is Cl.NC(=O)C1=CC(=O)NCC2CCC(C=N1)CO2. The summed E-state index contributed by atoms with van der Waals surface area (Å²) in [7, 11) is 0. The van der Waals surface area contributed by atoms with Crippen molar-refractivity contribution in [2.45, 2.75) is 18.9 Å². The van der Waals surface area contributed by atoms with E-state index in [-0.39, 0.29) is 36.0 Å². The minimum atomic E-state index is -0.703. The summed E-state index contributed by atoms with van der Waals surface area (Å²) in [5, 5.41) is 2.67. The lowest BCUT2D eigenvalue weighted by Crippen LogP contribution is -2.36. The Labute approximate surface area is 111 Å². The molecule has 3 N–H and O–H groups in total. The number of amides is 2. The molecule has 2 bridgehead atoms. The van der Waals surface area contributed by atoms with Gasteiger partial charge in [-0.05, 0) is 12.8 Å². The number of nitrogens with two attached hydrogens (primary N) is 1. The van der Waals surface area contributed by atoms with Crippen LogP contribution in [0.1, 0.15) is 12.8 Å². The van der Waals surface area contributed by atoms with E-state index in [1.807, 2.05) is 0 Å². The molecular weight excluding hydrogens is 258 g/mol. The maximum atomic E-state index is 11.5. The van der Waals surface area contributed by atoms with E-state index < -0.39 is 5.91 Å². The molecule has 0 radical (unpaired) electrons. The molecule has 18 heavy (non-hydrogen) atoms. The van der Waals surface area contributed by atoms with Crippen molar-refractivity contribution in [2.24, 2.45) is 16.6 Å². The molecule has 0 spiro atoms. The fourth-order valence-electron chi connectivity index (χ4n) is 1.85. The number of rotatable bonds is 1. The van der Waals surface area contributed by atoms with Crippen LogP contribution < -0.4 is 11.1 Å². The minimum absolute atomic E-state index is 0. The van der Waals surface area contributed by atoms with E-state index in [9.17, 15) is 9.59 Å². The van der Waals surface area contributed by atoms with E-state index >= 15 is 0 Å². The molecule has 100 valence electrons. The number of hydrogen-bond acceptors (Lipinski definition) is 4. The normalized spacial score (nSPS) is 27.6. The zero-order chi connectivity index (χ0) is 12.3. The highest BCUT2D eigenvalue weighted by Crippen LogP contribution is 2.18. The molecule has 1 saturated heterocycles. The van der Waals surface area contributed by atoms with Gasteiger partial charge in [-0.3, -0.25) is 14.6 Å². The summed E-state index contributed by atoms with van der Waals surface area (Å²) in [6, 6.07) is 0. The van der Waals surface area contributed by atoms with Crippen LogP contribution in [0.25, 0.3) is 0 Å². The van der Waals surface area contributed by atoms with Gasteiger partial charge < -0.3 is 15.8 Å². The molecule has 0 aliphatic carbocycles. The standard InChI is InChI=1S/C11H15N3O3.ClH/c12-11(16)9-3-10(15)14-5-8-2-1-7(4-13-9)6-17-8;/h3-4,7-8H,1-2,5-6H2,(H2,12,16)(H,14,15);1H. The van der Waals surface area contributed by atoms with Gasteiger partial charge in [-0.15, -0.1) is 12.4 Å². The van der Waals surface area contributed by atoms with Crippen LogP contribution in [0.4, 0.5) is 0 Å². The Morgan fingerprint density at radius 2 is 2.28 bits per heavy atom. The summed E-state index contributed by atoms with van der Waals surface area (Å²) < 4.78 is 5.57. The Morgan fingerprint density at radius 1 is 1.50 bits per heavy atom. The van der Waals surface area contributed by atoms with E-state index in [0.29, 0.717) is 13.2 Å². The molecule has 0 aromatic rings. The van der Waals surface area contributed by atoms with Crippen LogP contribution in [0.5, 0.6) is 0 Å². The lowest BCUT2D eigenvalue weighted by Gasteiger charge is -2.26.